The molecule has 0 aliphatic rings. The van der Waals surface area contributed by atoms with Crippen molar-refractivity contribution >= 4 is 36.7 Å². The average Bonchev–Trinajstić information content (AvgIpc) is 3.00. The van der Waals surface area contributed by atoms with E-state index in [1.54, 1.807) is 12.1 Å². The van der Waals surface area contributed by atoms with Crippen LogP contribution < -0.4 is 0 Å². The van der Waals surface area contributed by atoms with E-state index in [2.05, 4.69) is 39.1 Å². The summed E-state index contributed by atoms with van der Waals surface area (Å²) in [5.41, 5.74) is 5.18. The molecule has 26 heavy (non-hydrogen) atoms. The molecule has 4 aromatic rings. The Bertz CT molecular complexity index is 1190. The van der Waals surface area contributed by atoms with Crippen molar-refractivity contribution in [1.29, 1.82) is 0 Å². The zero-order chi connectivity index (χ0) is 18.3. The molecule has 0 spiro atoms. The van der Waals surface area contributed by atoms with Crippen molar-refractivity contribution in [2.24, 2.45) is 0 Å². The van der Waals surface area contributed by atoms with Gasteiger partial charge in [-0.15, -0.1) is 0 Å². The molecule has 0 saturated carbocycles. The molecule has 0 amide bonds. The van der Waals surface area contributed by atoms with Crippen molar-refractivity contribution in [1.82, 2.24) is 4.98 Å². The highest BCUT2D eigenvalue weighted by molar-refractivity contribution is 9.10. The number of nitrogens with one attached hydrogen (secondary N) is 1. The highest BCUT2D eigenvalue weighted by atomic mass is 79.9. The molecule has 0 unspecified atom stereocenters. The van der Waals surface area contributed by atoms with E-state index in [1.165, 1.54) is 6.26 Å². The number of hydrogen-bond acceptors (Lipinski definition) is 2. The van der Waals surface area contributed by atoms with Gasteiger partial charge in [-0.05, 0) is 41.5 Å². The van der Waals surface area contributed by atoms with Crippen LogP contribution in [0.25, 0.3) is 33.3 Å². The standard InChI is InChI=1S/C21H16BrNO2S/c1-26(24,25)17-10-7-15(8-11-17)21-20(14-5-3-2-4-6-14)18-13-16(22)9-12-19(18)23-21/h2-13,23H,1H3. The van der Waals surface area contributed by atoms with E-state index in [0.717, 1.165) is 37.8 Å². The molecule has 1 heterocycles. The van der Waals surface area contributed by atoms with E-state index in [0.29, 0.717) is 4.90 Å². The molecule has 0 aliphatic carbocycles. The van der Waals surface area contributed by atoms with E-state index in [9.17, 15) is 8.42 Å². The molecule has 4 rings (SSSR count). The van der Waals surface area contributed by atoms with Crippen LogP contribution in [0.2, 0.25) is 0 Å². The van der Waals surface area contributed by atoms with Gasteiger partial charge in [-0.25, -0.2) is 8.42 Å². The third kappa shape index (κ3) is 3.08. The number of aromatic amines is 1. The van der Waals surface area contributed by atoms with Crippen LogP contribution >= 0.6 is 15.9 Å². The number of sulfone groups is 1. The fourth-order valence-electron chi connectivity index (χ4n) is 3.15. The summed E-state index contributed by atoms with van der Waals surface area (Å²) >= 11 is 3.56. The van der Waals surface area contributed by atoms with Gasteiger partial charge in [0.15, 0.2) is 9.84 Å². The summed E-state index contributed by atoms with van der Waals surface area (Å²) in [7, 11) is -3.21. The maximum Gasteiger partial charge on any atom is 0.175 e. The minimum Gasteiger partial charge on any atom is -0.354 e. The highest BCUT2D eigenvalue weighted by Crippen LogP contribution is 2.39. The predicted molar refractivity (Wildman–Crippen MR) is 110 cm³/mol. The minimum atomic E-state index is -3.21. The zero-order valence-corrected chi connectivity index (χ0v) is 16.4. The molecular weight excluding hydrogens is 410 g/mol. The Balaban J connectivity index is 1.98. The van der Waals surface area contributed by atoms with Crippen LogP contribution in [-0.4, -0.2) is 19.7 Å². The Kier molecular flexibility index (Phi) is 4.21. The molecule has 0 saturated heterocycles. The molecule has 0 radical (unpaired) electrons. The Morgan fingerprint density at radius 1 is 0.846 bits per heavy atom. The van der Waals surface area contributed by atoms with Crippen molar-refractivity contribution < 1.29 is 8.42 Å². The van der Waals surface area contributed by atoms with Crippen molar-refractivity contribution in [3.63, 3.8) is 0 Å². The van der Waals surface area contributed by atoms with E-state index >= 15 is 0 Å². The summed E-state index contributed by atoms with van der Waals surface area (Å²) in [6, 6.07) is 23.3. The van der Waals surface area contributed by atoms with Gasteiger partial charge in [-0.3, -0.25) is 0 Å². The van der Waals surface area contributed by atoms with Crippen molar-refractivity contribution in [3.05, 3.63) is 77.3 Å². The summed E-state index contributed by atoms with van der Waals surface area (Å²) in [5.74, 6) is 0. The molecule has 3 nitrogen and oxygen atoms in total. The molecule has 0 bridgehead atoms. The first kappa shape index (κ1) is 17.1. The van der Waals surface area contributed by atoms with Crippen LogP contribution in [-0.2, 0) is 9.84 Å². The largest absolute Gasteiger partial charge is 0.354 e. The minimum absolute atomic E-state index is 0.321. The van der Waals surface area contributed by atoms with Gasteiger partial charge in [0.1, 0.15) is 0 Å². The number of H-pyrrole nitrogens is 1. The van der Waals surface area contributed by atoms with E-state index in [-0.39, 0.29) is 0 Å². The van der Waals surface area contributed by atoms with Gasteiger partial charge >= 0.3 is 0 Å². The number of aromatic nitrogens is 1. The molecule has 1 N–H and O–H groups in total. The Hall–Kier alpha value is -2.37. The molecule has 3 aromatic carbocycles. The van der Waals surface area contributed by atoms with Crippen LogP contribution in [0.1, 0.15) is 0 Å². The van der Waals surface area contributed by atoms with E-state index in [1.807, 2.05) is 42.5 Å². The fourth-order valence-corrected chi connectivity index (χ4v) is 4.15. The van der Waals surface area contributed by atoms with Crippen LogP contribution in [0.4, 0.5) is 0 Å². The van der Waals surface area contributed by atoms with E-state index < -0.39 is 9.84 Å². The summed E-state index contributed by atoms with van der Waals surface area (Å²) < 4.78 is 24.5. The van der Waals surface area contributed by atoms with Gasteiger partial charge < -0.3 is 4.98 Å². The number of halogens is 1. The quantitative estimate of drug-likeness (QED) is 0.459. The monoisotopic (exact) mass is 425 g/mol. The molecule has 1 aromatic heterocycles. The fraction of sp³-hybridized carbons (Fsp3) is 0.0476. The van der Waals surface area contributed by atoms with Gasteiger partial charge in [-0.1, -0.05) is 58.4 Å². The number of fused-ring (bicyclic) bond motifs is 1. The van der Waals surface area contributed by atoms with Crippen molar-refractivity contribution in [2.75, 3.05) is 6.26 Å². The lowest BCUT2D eigenvalue weighted by atomic mass is 9.98. The van der Waals surface area contributed by atoms with Gasteiger partial charge in [0.25, 0.3) is 0 Å². The molecule has 0 fully saturated rings. The molecule has 0 aliphatic heterocycles. The van der Waals surface area contributed by atoms with E-state index in [4.69, 9.17) is 0 Å². The number of benzene rings is 3. The van der Waals surface area contributed by atoms with Gasteiger partial charge in [0.05, 0.1) is 10.6 Å². The summed E-state index contributed by atoms with van der Waals surface area (Å²) in [6.45, 7) is 0. The maximum absolute atomic E-state index is 11.7. The van der Waals surface area contributed by atoms with Crippen LogP contribution in [0.5, 0.6) is 0 Å². The lowest BCUT2D eigenvalue weighted by Gasteiger charge is -2.07. The second kappa shape index (κ2) is 6.41. The third-order valence-electron chi connectivity index (χ3n) is 4.39. The summed E-state index contributed by atoms with van der Waals surface area (Å²) in [5, 5.41) is 1.12. The van der Waals surface area contributed by atoms with Gasteiger partial charge in [0, 0.05) is 27.2 Å². The second-order valence-electron chi connectivity index (χ2n) is 6.23. The first-order valence-corrected chi connectivity index (χ1v) is 10.8. The van der Waals surface area contributed by atoms with Crippen LogP contribution in [0.3, 0.4) is 0 Å². The first-order valence-electron chi connectivity index (χ1n) is 8.10. The Morgan fingerprint density at radius 3 is 2.19 bits per heavy atom. The lowest BCUT2D eigenvalue weighted by Crippen LogP contribution is -1.96. The lowest BCUT2D eigenvalue weighted by molar-refractivity contribution is 0.602. The molecule has 5 heteroatoms. The van der Waals surface area contributed by atoms with Crippen molar-refractivity contribution in [3.8, 4) is 22.4 Å². The maximum atomic E-state index is 11.7. The summed E-state index contributed by atoms with van der Waals surface area (Å²) in [4.78, 5) is 3.81. The SMILES string of the molecule is CS(=O)(=O)c1ccc(-c2[nH]c3ccc(Br)cc3c2-c2ccccc2)cc1. The molecule has 0 atom stereocenters. The zero-order valence-electron chi connectivity index (χ0n) is 14.0. The topological polar surface area (TPSA) is 49.9 Å². The van der Waals surface area contributed by atoms with Crippen molar-refractivity contribution in [2.45, 2.75) is 4.90 Å². The van der Waals surface area contributed by atoms with Crippen LogP contribution in [0, 0.1) is 0 Å². The highest BCUT2D eigenvalue weighted by Gasteiger charge is 2.16. The molecular formula is C21H16BrNO2S. The predicted octanol–water partition coefficient (Wildman–Crippen LogP) is 5.67. The van der Waals surface area contributed by atoms with Gasteiger partial charge in [-0.2, -0.15) is 0 Å². The Labute approximate surface area is 160 Å². The number of rotatable bonds is 3. The third-order valence-corrected chi connectivity index (χ3v) is 6.02. The average molecular weight is 426 g/mol. The summed E-state index contributed by atoms with van der Waals surface area (Å²) in [6.07, 6.45) is 1.22. The smallest absolute Gasteiger partial charge is 0.175 e. The first-order chi connectivity index (χ1) is 12.4. The van der Waals surface area contributed by atoms with Crippen LogP contribution in [0.15, 0.2) is 82.2 Å². The normalized spacial score (nSPS) is 11.8. The number of hydrogen-bond donors (Lipinski definition) is 1. The molecule has 130 valence electrons. The van der Waals surface area contributed by atoms with Gasteiger partial charge in [0.2, 0.25) is 0 Å². The Morgan fingerprint density at radius 2 is 1.54 bits per heavy atom. The second-order valence-corrected chi connectivity index (χ2v) is 9.16.